The van der Waals surface area contributed by atoms with Gasteiger partial charge in [-0.1, -0.05) is 41.6 Å². The van der Waals surface area contributed by atoms with Gasteiger partial charge in [-0.25, -0.2) is 4.98 Å². The summed E-state index contributed by atoms with van der Waals surface area (Å²) in [6.07, 6.45) is 0.818. The summed E-state index contributed by atoms with van der Waals surface area (Å²) in [7, 11) is 0. The second-order valence-corrected chi connectivity index (χ2v) is 8.74. The first-order valence-electron chi connectivity index (χ1n) is 10.2. The number of para-hydroxylation sites is 1. The lowest BCUT2D eigenvalue weighted by molar-refractivity contribution is -0.113. The lowest BCUT2D eigenvalue weighted by Crippen LogP contribution is -2.25. The fourth-order valence-corrected chi connectivity index (χ4v) is 4.06. The Morgan fingerprint density at radius 1 is 1.23 bits per heavy atom. The SMILES string of the molecule is Cc1c(Cl)cccc1NC(=O)CSc1nc2ccccc2c(=O)n1CCCOC(C)C. The minimum Gasteiger partial charge on any atom is -0.379 e. The van der Waals surface area contributed by atoms with Gasteiger partial charge in [0, 0.05) is 23.9 Å². The summed E-state index contributed by atoms with van der Waals surface area (Å²) in [5.74, 6) is -0.0633. The third-order valence-electron chi connectivity index (χ3n) is 4.68. The van der Waals surface area contributed by atoms with Gasteiger partial charge in [0.1, 0.15) is 0 Å². The first-order valence-corrected chi connectivity index (χ1v) is 11.5. The highest BCUT2D eigenvalue weighted by atomic mass is 35.5. The van der Waals surface area contributed by atoms with Crippen LogP contribution in [0.15, 0.2) is 52.4 Å². The van der Waals surface area contributed by atoms with Crippen LogP contribution in [-0.4, -0.2) is 33.9 Å². The van der Waals surface area contributed by atoms with Crippen molar-refractivity contribution in [3.8, 4) is 0 Å². The van der Waals surface area contributed by atoms with Gasteiger partial charge in [-0.2, -0.15) is 0 Å². The zero-order valence-electron chi connectivity index (χ0n) is 17.9. The number of aromatic nitrogens is 2. The average Bonchev–Trinajstić information content (AvgIpc) is 2.74. The van der Waals surface area contributed by atoms with Gasteiger partial charge in [0.25, 0.3) is 5.56 Å². The van der Waals surface area contributed by atoms with Crippen molar-refractivity contribution in [2.45, 2.75) is 45.0 Å². The highest BCUT2D eigenvalue weighted by Gasteiger charge is 2.14. The number of nitrogens with one attached hydrogen (secondary N) is 1. The molecule has 1 heterocycles. The number of benzene rings is 2. The van der Waals surface area contributed by atoms with Gasteiger partial charge in [0.15, 0.2) is 5.16 Å². The number of anilines is 1. The fourth-order valence-electron chi connectivity index (χ4n) is 3.06. The van der Waals surface area contributed by atoms with Gasteiger partial charge in [-0.15, -0.1) is 0 Å². The van der Waals surface area contributed by atoms with Gasteiger partial charge in [-0.3, -0.25) is 14.2 Å². The number of carbonyl (C=O) groups excluding carboxylic acids is 1. The van der Waals surface area contributed by atoms with Crippen molar-refractivity contribution in [3.05, 3.63) is 63.4 Å². The molecule has 1 aromatic heterocycles. The molecule has 31 heavy (non-hydrogen) atoms. The van der Waals surface area contributed by atoms with Crippen LogP contribution >= 0.6 is 23.4 Å². The van der Waals surface area contributed by atoms with Crippen LogP contribution in [0.3, 0.4) is 0 Å². The van der Waals surface area contributed by atoms with E-state index in [1.165, 1.54) is 11.8 Å². The average molecular weight is 460 g/mol. The first kappa shape index (κ1) is 23.3. The predicted octanol–water partition coefficient (Wildman–Crippen LogP) is 4.90. The van der Waals surface area contributed by atoms with Crippen molar-refractivity contribution in [1.82, 2.24) is 9.55 Å². The molecule has 0 aliphatic carbocycles. The smallest absolute Gasteiger partial charge is 0.262 e. The van der Waals surface area contributed by atoms with Crippen LogP contribution in [0.4, 0.5) is 5.69 Å². The van der Waals surface area contributed by atoms with Crippen LogP contribution in [-0.2, 0) is 16.1 Å². The van der Waals surface area contributed by atoms with E-state index in [1.54, 1.807) is 22.8 Å². The van der Waals surface area contributed by atoms with E-state index in [4.69, 9.17) is 16.3 Å². The maximum atomic E-state index is 13.0. The molecule has 0 saturated carbocycles. The molecule has 1 N–H and O–H groups in total. The second kappa shape index (κ2) is 10.8. The predicted molar refractivity (Wildman–Crippen MR) is 127 cm³/mol. The summed E-state index contributed by atoms with van der Waals surface area (Å²) in [6.45, 7) is 6.83. The third kappa shape index (κ3) is 6.09. The number of nitrogens with zero attached hydrogens (tertiary/aromatic N) is 2. The molecule has 0 aliphatic rings. The number of halogens is 1. The van der Waals surface area contributed by atoms with Crippen LogP contribution in [0.2, 0.25) is 5.02 Å². The molecule has 0 atom stereocenters. The minimum absolute atomic E-state index is 0.108. The first-order chi connectivity index (χ1) is 14.9. The molecule has 0 radical (unpaired) electrons. The molecule has 3 aromatic rings. The van der Waals surface area contributed by atoms with Crippen molar-refractivity contribution < 1.29 is 9.53 Å². The number of ether oxygens (including phenoxy) is 1. The number of hydrogen-bond acceptors (Lipinski definition) is 5. The van der Waals surface area contributed by atoms with Crippen molar-refractivity contribution >= 4 is 45.9 Å². The van der Waals surface area contributed by atoms with Crippen LogP contribution in [0.5, 0.6) is 0 Å². The summed E-state index contributed by atoms with van der Waals surface area (Å²) < 4.78 is 7.23. The molecule has 3 rings (SSSR count). The van der Waals surface area contributed by atoms with Crippen LogP contribution < -0.4 is 10.9 Å². The van der Waals surface area contributed by atoms with Crippen LogP contribution in [0.25, 0.3) is 10.9 Å². The quantitative estimate of drug-likeness (QED) is 0.280. The molecule has 0 spiro atoms. The van der Waals surface area contributed by atoms with E-state index < -0.39 is 0 Å². The van der Waals surface area contributed by atoms with Gasteiger partial charge >= 0.3 is 0 Å². The van der Waals surface area contributed by atoms with E-state index in [1.807, 2.05) is 45.0 Å². The van der Waals surface area contributed by atoms with Gasteiger partial charge in [0.2, 0.25) is 5.91 Å². The van der Waals surface area contributed by atoms with Gasteiger partial charge < -0.3 is 10.1 Å². The Labute approximate surface area is 191 Å². The van der Waals surface area contributed by atoms with Gasteiger partial charge in [-0.05, 0) is 57.0 Å². The third-order valence-corrected chi connectivity index (χ3v) is 6.06. The molecule has 2 aromatic carbocycles. The summed E-state index contributed by atoms with van der Waals surface area (Å²) in [4.78, 5) is 30.2. The maximum Gasteiger partial charge on any atom is 0.262 e. The van der Waals surface area contributed by atoms with Crippen molar-refractivity contribution in [2.75, 3.05) is 17.7 Å². The van der Waals surface area contributed by atoms with E-state index in [0.29, 0.717) is 46.3 Å². The maximum absolute atomic E-state index is 13.0. The van der Waals surface area contributed by atoms with Crippen molar-refractivity contribution in [2.24, 2.45) is 0 Å². The fraction of sp³-hybridized carbons (Fsp3) is 0.348. The van der Waals surface area contributed by atoms with Crippen molar-refractivity contribution in [1.29, 1.82) is 0 Å². The largest absolute Gasteiger partial charge is 0.379 e. The molecule has 0 aliphatic heterocycles. The molecule has 0 bridgehead atoms. The van der Waals surface area contributed by atoms with E-state index in [0.717, 1.165) is 5.56 Å². The monoisotopic (exact) mass is 459 g/mol. The number of hydrogen-bond donors (Lipinski definition) is 1. The summed E-state index contributed by atoms with van der Waals surface area (Å²) in [6, 6.07) is 12.6. The molecule has 8 heteroatoms. The zero-order valence-corrected chi connectivity index (χ0v) is 19.4. The standard InChI is InChI=1S/C23H26ClN3O3S/c1-15(2)30-13-7-12-27-22(29)17-8-4-5-10-20(17)26-23(27)31-14-21(28)25-19-11-6-9-18(24)16(19)3/h4-6,8-11,15H,7,12-14H2,1-3H3,(H,25,28). The summed E-state index contributed by atoms with van der Waals surface area (Å²) in [5.41, 5.74) is 2.00. The van der Waals surface area contributed by atoms with Gasteiger partial charge in [0.05, 0.1) is 22.8 Å². The van der Waals surface area contributed by atoms with E-state index >= 15 is 0 Å². The number of thioether (sulfide) groups is 1. The zero-order chi connectivity index (χ0) is 22.4. The lowest BCUT2D eigenvalue weighted by Gasteiger charge is -2.14. The summed E-state index contributed by atoms with van der Waals surface area (Å²) >= 11 is 7.37. The molecule has 164 valence electrons. The molecule has 0 saturated heterocycles. The number of carbonyl (C=O) groups is 1. The highest BCUT2D eigenvalue weighted by molar-refractivity contribution is 7.99. The molecular formula is C23H26ClN3O3S. The van der Waals surface area contributed by atoms with Crippen LogP contribution in [0, 0.1) is 6.92 Å². The van der Waals surface area contributed by atoms with Crippen molar-refractivity contribution in [3.63, 3.8) is 0 Å². The molecule has 6 nitrogen and oxygen atoms in total. The Morgan fingerprint density at radius 2 is 2.00 bits per heavy atom. The topological polar surface area (TPSA) is 73.2 Å². The Hall–Kier alpha value is -2.35. The normalized spacial score (nSPS) is 11.3. The minimum atomic E-state index is -0.188. The molecular weight excluding hydrogens is 434 g/mol. The number of rotatable bonds is 9. The number of fused-ring (bicyclic) bond motifs is 1. The summed E-state index contributed by atoms with van der Waals surface area (Å²) in [5, 5.41) is 4.56. The second-order valence-electron chi connectivity index (χ2n) is 7.39. The Balaban J connectivity index is 1.77. The highest BCUT2D eigenvalue weighted by Crippen LogP contribution is 2.24. The number of amides is 1. The molecule has 0 fully saturated rings. The molecule has 1 amide bonds. The molecule has 0 unspecified atom stereocenters. The van der Waals surface area contributed by atoms with Crippen LogP contribution in [0.1, 0.15) is 25.8 Å². The van der Waals surface area contributed by atoms with E-state index in [-0.39, 0.29) is 23.3 Å². The Morgan fingerprint density at radius 3 is 2.77 bits per heavy atom. The lowest BCUT2D eigenvalue weighted by atomic mass is 10.2. The Bertz CT molecular complexity index is 1130. The van der Waals surface area contributed by atoms with E-state index in [9.17, 15) is 9.59 Å². The Kier molecular flexibility index (Phi) is 8.12. The van der Waals surface area contributed by atoms with E-state index in [2.05, 4.69) is 10.3 Å².